The second-order valence-electron chi connectivity index (χ2n) is 7.96. The van der Waals surface area contributed by atoms with Crippen LogP contribution in [-0.4, -0.2) is 30.1 Å². The van der Waals surface area contributed by atoms with E-state index in [-0.39, 0.29) is 17.6 Å². The van der Waals surface area contributed by atoms with Crippen molar-refractivity contribution in [2.75, 3.05) is 23.8 Å². The highest BCUT2D eigenvalue weighted by Crippen LogP contribution is 2.19. The average molecular weight is 530 g/mol. The van der Waals surface area contributed by atoms with Crippen molar-refractivity contribution in [3.63, 3.8) is 0 Å². The van der Waals surface area contributed by atoms with Crippen LogP contribution in [0.25, 0.3) is 0 Å². The van der Waals surface area contributed by atoms with Gasteiger partial charge < -0.3 is 20.1 Å². The molecular formula is C29H24FN3O4S. The maximum Gasteiger partial charge on any atom is 0.261 e. The highest BCUT2D eigenvalue weighted by molar-refractivity contribution is 7.80. The lowest BCUT2D eigenvalue weighted by Gasteiger charge is -2.14. The molecule has 0 aliphatic carbocycles. The van der Waals surface area contributed by atoms with Gasteiger partial charge in [0.25, 0.3) is 11.8 Å². The standard InChI is InChI=1S/C29H24FN3O4S/c30-21-13-15-22(16-14-21)31-27(34)20-7-6-8-23(19-20)32-29(38)33-28(35)25-11-4-5-12-26(25)37-18-17-36-24-9-2-1-3-10-24/h1-16,19H,17-18H2,(H,31,34)(H2,32,33,35,38). The van der Waals surface area contributed by atoms with E-state index in [1.165, 1.54) is 24.3 Å². The number of anilines is 2. The number of ether oxygens (including phenoxy) is 2. The molecule has 0 aromatic heterocycles. The Morgan fingerprint density at radius 1 is 0.711 bits per heavy atom. The molecule has 3 N–H and O–H groups in total. The summed E-state index contributed by atoms with van der Waals surface area (Å²) >= 11 is 5.30. The van der Waals surface area contributed by atoms with Crippen LogP contribution >= 0.6 is 12.2 Å². The van der Waals surface area contributed by atoms with Crippen LogP contribution in [0.5, 0.6) is 11.5 Å². The minimum atomic E-state index is -0.452. The van der Waals surface area contributed by atoms with E-state index in [1.807, 2.05) is 30.3 Å². The van der Waals surface area contributed by atoms with Crippen LogP contribution < -0.4 is 25.4 Å². The molecule has 0 spiro atoms. The number of amides is 2. The number of rotatable bonds is 9. The van der Waals surface area contributed by atoms with Gasteiger partial charge in [-0.3, -0.25) is 14.9 Å². The molecule has 0 saturated heterocycles. The Morgan fingerprint density at radius 2 is 1.42 bits per heavy atom. The van der Waals surface area contributed by atoms with E-state index >= 15 is 0 Å². The molecule has 0 saturated carbocycles. The molecular weight excluding hydrogens is 505 g/mol. The first-order chi connectivity index (χ1) is 18.5. The molecule has 0 atom stereocenters. The second-order valence-corrected chi connectivity index (χ2v) is 8.36. The zero-order valence-corrected chi connectivity index (χ0v) is 21.0. The van der Waals surface area contributed by atoms with Crippen LogP contribution in [0.2, 0.25) is 0 Å². The van der Waals surface area contributed by atoms with Crippen molar-refractivity contribution in [3.8, 4) is 11.5 Å². The minimum absolute atomic E-state index is 0.0494. The summed E-state index contributed by atoms with van der Waals surface area (Å²) in [6, 6.07) is 28.2. The highest BCUT2D eigenvalue weighted by Gasteiger charge is 2.14. The molecule has 4 rings (SSSR count). The summed E-state index contributed by atoms with van der Waals surface area (Å²) in [4.78, 5) is 25.4. The normalized spacial score (nSPS) is 10.2. The quantitative estimate of drug-likeness (QED) is 0.192. The van der Waals surface area contributed by atoms with Crippen LogP contribution in [-0.2, 0) is 0 Å². The zero-order valence-electron chi connectivity index (χ0n) is 20.1. The van der Waals surface area contributed by atoms with Gasteiger partial charge in [0, 0.05) is 16.9 Å². The Kier molecular flexibility index (Phi) is 8.98. The van der Waals surface area contributed by atoms with Crippen LogP contribution in [0.4, 0.5) is 15.8 Å². The lowest BCUT2D eigenvalue weighted by molar-refractivity contribution is 0.0971. The molecule has 4 aromatic carbocycles. The fourth-order valence-corrected chi connectivity index (χ4v) is 3.63. The number of carbonyl (C=O) groups excluding carboxylic acids is 2. The fourth-order valence-electron chi connectivity index (χ4n) is 3.42. The van der Waals surface area contributed by atoms with E-state index in [2.05, 4.69) is 16.0 Å². The van der Waals surface area contributed by atoms with Crippen molar-refractivity contribution in [2.45, 2.75) is 0 Å². The van der Waals surface area contributed by atoms with Crippen molar-refractivity contribution in [1.82, 2.24) is 5.32 Å². The van der Waals surface area contributed by atoms with Crippen molar-refractivity contribution >= 4 is 40.5 Å². The molecule has 0 aliphatic heterocycles. The molecule has 0 fully saturated rings. The van der Waals surface area contributed by atoms with Gasteiger partial charge in [0.05, 0.1) is 5.56 Å². The monoisotopic (exact) mass is 529 g/mol. The summed E-state index contributed by atoms with van der Waals surface area (Å²) in [5.74, 6) is -0.0969. The van der Waals surface area contributed by atoms with Crippen molar-refractivity contribution in [1.29, 1.82) is 0 Å². The Hall–Kier alpha value is -4.76. The largest absolute Gasteiger partial charge is 0.490 e. The third-order valence-electron chi connectivity index (χ3n) is 5.20. The molecule has 0 aliphatic rings. The lowest BCUT2D eigenvalue weighted by atomic mass is 10.1. The molecule has 0 radical (unpaired) electrons. The molecule has 2 amide bonds. The summed E-state index contributed by atoms with van der Waals surface area (Å²) in [7, 11) is 0. The molecule has 0 heterocycles. The Morgan fingerprint density at radius 3 is 2.21 bits per heavy atom. The number of thiocarbonyl (C=S) groups is 1. The summed E-state index contributed by atoms with van der Waals surface area (Å²) in [6.07, 6.45) is 0. The number of halogens is 1. The van der Waals surface area contributed by atoms with Gasteiger partial charge in [0.2, 0.25) is 0 Å². The van der Waals surface area contributed by atoms with Gasteiger partial charge in [-0.25, -0.2) is 4.39 Å². The predicted molar refractivity (Wildman–Crippen MR) is 148 cm³/mol. The van der Waals surface area contributed by atoms with E-state index in [0.717, 1.165) is 5.75 Å². The first kappa shape index (κ1) is 26.3. The zero-order chi connectivity index (χ0) is 26.7. The molecule has 38 heavy (non-hydrogen) atoms. The predicted octanol–water partition coefficient (Wildman–Crippen LogP) is 5.66. The number of hydrogen-bond acceptors (Lipinski definition) is 5. The van der Waals surface area contributed by atoms with Gasteiger partial charge in [-0.05, 0) is 78.9 Å². The van der Waals surface area contributed by atoms with E-state index in [4.69, 9.17) is 21.7 Å². The molecule has 0 unspecified atom stereocenters. The number of para-hydroxylation sites is 2. The second kappa shape index (κ2) is 13.0. The van der Waals surface area contributed by atoms with Crippen LogP contribution in [0.1, 0.15) is 20.7 Å². The fraction of sp³-hybridized carbons (Fsp3) is 0.0690. The van der Waals surface area contributed by atoms with Gasteiger partial charge in [-0.1, -0.05) is 36.4 Å². The third kappa shape index (κ3) is 7.62. The summed E-state index contributed by atoms with van der Waals surface area (Å²) < 4.78 is 24.5. The Balaban J connectivity index is 1.31. The minimum Gasteiger partial charge on any atom is -0.490 e. The Labute approximate surface area is 224 Å². The molecule has 4 aromatic rings. The van der Waals surface area contributed by atoms with Crippen molar-refractivity contribution in [2.24, 2.45) is 0 Å². The lowest BCUT2D eigenvalue weighted by Crippen LogP contribution is -2.34. The van der Waals surface area contributed by atoms with Crippen LogP contribution in [0, 0.1) is 5.82 Å². The van der Waals surface area contributed by atoms with E-state index in [1.54, 1.807) is 48.5 Å². The number of benzene rings is 4. The number of nitrogens with one attached hydrogen (secondary N) is 3. The van der Waals surface area contributed by atoms with Crippen LogP contribution in [0.15, 0.2) is 103 Å². The van der Waals surface area contributed by atoms with Crippen molar-refractivity contribution < 1.29 is 23.5 Å². The van der Waals surface area contributed by atoms with Gasteiger partial charge in [0.1, 0.15) is 30.5 Å². The van der Waals surface area contributed by atoms with E-state index < -0.39 is 11.7 Å². The van der Waals surface area contributed by atoms with Gasteiger partial charge in [-0.15, -0.1) is 0 Å². The number of carbonyl (C=O) groups is 2. The average Bonchev–Trinajstić information content (AvgIpc) is 2.93. The van der Waals surface area contributed by atoms with Crippen molar-refractivity contribution in [3.05, 3.63) is 120 Å². The molecule has 0 bridgehead atoms. The summed E-state index contributed by atoms with van der Waals surface area (Å²) in [5.41, 5.74) is 1.63. The summed E-state index contributed by atoms with van der Waals surface area (Å²) in [5, 5.41) is 8.28. The van der Waals surface area contributed by atoms with E-state index in [9.17, 15) is 14.0 Å². The first-order valence-corrected chi connectivity index (χ1v) is 12.1. The van der Waals surface area contributed by atoms with Crippen LogP contribution in [0.3, 0.4) is 0 Å². The maximum absolute atomic E-state index is 13.1. The molecule has 7 nitrogen and oxygen atoms in total. The maximum atomic E-state index is 13.1. The SMILES string of the molecule is O=C(Nc1ccc(F)cc1)c1cccc(NC(=S)NC(=O)c2ccccc2OCCOc2ccccc2)c1. The summed E-state index contributed by atoms with van der Waals surface area (Å²) in [6.45, 7) is 0.555. The van der Waals surface area contributed by atoms with E-state index in [0.29, 0.717) is 34.9 Å². The molecule has 192 valence electrons. The van der Waals surface area contributed by atoms with Gasteiger partial charge >= 0.3 is 0 Å². The highest BCUT2D eigenvalue weighted by atomic mass is 32.1. The number of hydrogen-bond donors (Lipinski definition) is 3. The third-order valence-corrected chi connectivity index (χ3v) is 5.40. The Bertz CT molecular complexity index is 1420. The van der Waals surface area contributed by atoms with Gasteiger partial charge in [0.15, 0.2) is 5.11 Å². The van der Waals surface area contributed by atoms with Gasteiger partial charge in [-0.2, -0.15) is 0 Å². The molecule has 9 heteroatoms. The topological polar surface area (TPSA) is 88.7 Å². The first-order valence-electron chi connectivity index (χ1n) is 11.7. The smallest absolute Gasteiger partial charge is 0.261 e.